The van der Waals surface area contributed by atoms with Crippen LogP contribution in [0.1, 0.15) is 33.6 Å². The predicted molar refractivity (Wildman–Crippen MR) is 65.9 cm³/mol. The maximum Gasteiger partial charge on any atom is 0.237 e. The Balaban J connectivity index is 2.33. The summed E-state index contributed by atoms with van der Waals surface area (Å²) in [7, 11) is 0. The fourth-order valence-electron chi connectivity index (χ4n) is 1.67. The van der Waals surface area contributed by atoms with Gasteiger partial charge in [-0.3, -0.25) is 4.79 Å². The molecule has 1 fully saturated rings. The Morgan fingerprint density at radius 3 is 2.73 bits per heavy atom. The zero-order valence-corrected chi connectivity index (χ0v) is 10.7. The largest absolute Gasteiger partial charge is 0.353 e. The second kappa shape index (κ2) is 5.21. The molecule has 0 aliphatic carbocycles. The second-order valence-electron chi connectivity index (χ2n) is 4.89. The SMILES string of the molecule is CC(C)[C@H](N)C(=O)NCC1(C)CCCS1. The molecular weight excluding hydrogens is 208 g/mol. The summed E-state index contributed by atoms with van der Waals surface area (Å²) in [6.07, 6.45) is 2.45. The number of hydrogen-bond donors (Lipinski definition) is 2. The summed E-state index contributed by atoms with van der Waals surface area (Å²) < 4.78 is 0.229. The van der Waals surface area contributed by atoms with Gasteiger partial charge in [0.2, 0.25) is 5.91 Å². The van der Waals surface area contributed by atoms with Crippen molar-refractivity contribution in [3.8, 4) is 0 Å². The lowest BCUT2D eigenvalue weighted by Crippen LogP contribution is -2.47. The molecule has 0 aromatic rings. The van der Waals surface area contributed by atoms with E-state index in [0.717, 1.165) is 6.54 Å². The van der Waals surface area contributed by atoms with Crippen molar-refractivity contribution in [3.63, 3.8) is 0 Å². The standard InChI is InChI=1S/C11H22N2OS/c1-8(2)9(12)10(14)13-7-11(3)5-4-6-15-11/h8-9H,4-7,12H2,1-3H3,(H,13,14)/t9-,11?/m0/s1. The molecule has 1 unspecified atom stereocenters. The van der Waals surface area contributed by atoms with Gasteiger partial charge in [-0.25, -0.2) is 0 Å². The summed E-state index contributed by atoms with van der Waals surface area (Å²) in [4.78, 5) is 11.6. The molecule has 1 amide bonds. The third-order valence-electron chi connectivity index (χ3n) is 2.96. The highest BCUT2D eigenvalue weighted by molar-refractivity contribution is 8.00. The molecule has 15 heavy (non-hydrogen) atoms. The van der Waals surface area contributed by atoms with E-state index in [9.17, 15) is 4.79 Å². The topological polar surface area (TPSA) is 55.1 Å². The first-order chi connectivity index (χ1) is 6.94. The Kier molecular flexibility index (Phi) is 4.46. The highest BCUT2D eigenvalue weighted by Gasteiger charge is 2.30. The van der Waals surface area contributed by atoms with Crippen LogP contribution in [0.4, 0.5) is 0 Å². The molecule has 1 saturated heterocycles. The van der Waals surface area contributed by atoms with Gasteiger partial charge in [0.1, 0.15) is 0 Å². The predicted octanol–water partition coefficient (Wildman–Crippen LogP) is 1.37. The van der Waals surface area contributed by atoms with Crippen LogP contribution in [-0.4, -0.2) is 29.0 Å². The van der Waals surface area contributed by atoms with Gasteiger partial charge in [-0.2, -0.15) is 11.8 Å². The number of amides is 1. The fraction of sp³-hybridized carbons (Fsp3) is 0.909. The van der Waals surface area contributed by atoms with Gasteiger partial charge in [0.15, 0.2) is 0 Å². The van der Waals surface area contributed by atoms with Crippen LogP contribution in [0.5, 0.6) is 0 Å². The molecular formula is C11H22N2OS. The molecule has 0 aromatic carbocycles. The Labute approximate surface area is 96.6 Å². The van der Waals surface area contributed by atoms with Crippen molar-refractivity contribution in [2.45, 2.75) is 44.4 Å². The summed E-state index contributed by atoms with van der Waals surface area (Å²) in [5, 5.41) is 2.96. The number of rotatable bonds is 4. The quantitative estimate of drug-likeness (QED) is 0.767. The minimum Gasteiger partial charge on any atom is -0.353 e. The minimum atomic E-state index is -0.375. The van der Waals surface area contributed by atoms with E-state index in [1.165, 1.54) is 18.6 Å². The maximum absolute atomic E-state index is 11.6. The van der Waals surface area contributed by atoms with E-state index in [4.69, 9.17) is 5.73 Å². The summed E-state index contributed by atoms with van der Waals surface area (Å²) in [5.74, 6) is 1.40. The van der Waals surface area contributed by atoms with Crippen molar-refractivity contribution < 1.29 is 4.79 Å². The van der Waals surface area contributed by atoms with E-state index in [2.05, 4.69) is 12.2 Å². The number of thioether (sulfide) groups is 1. The van der Waals surface area contributed by atoms with Gasteiger partial charge in [0.05, 0.1) is 6.04 Å². The fourth-order valence-corrected chi connectivity index (χ4v) is 2.92. The van der Waals surface area contributed by atoms with Crippen molar-refractivity contribution in [3.05, 3.63) is 0 Å². The van der Waals surface area contributed by atoms with Crippen molar-refractivity contribution in [2.75, 3.05) is 12.3 Å². The van der Waals surface area contributed by atoms with Crippen LogP contribution < -0.4 is 11.1 Å². The van der Waals surface area contributed by atoms with Crippen LogP contribution in [0.25, 0.3) is 0 Å². The molecule has 0 spiro atoms. The van der Waals surface area contributed by atoms with E-state index in [1.807, 2.05) is 25.6 Å². The minimum absolute atomic E-state index is 0.0151. The van der Waals surface area contributed by atoms with Gasteiger partial charge in [-0.05, 0) is 31.4 Å². The maximum atomic E-state index is 11.6. The monoisotopic (exact) mass is 230 g/mol. The highest BCUT2D eigenvalue weighted by atomic mass is 32.2. The molecule has 88 valence electrons. The second-order valence-corrected chi connectivity index (χ2v) is 6.57. The molecule has 1 aliphatic heterocycles. The van der Waals surface area contributed by atoms with E-state index < -0.39 is 0 Å². The first-order valence-electron chi connectivity index (χ1n) is 5.62. The molecule has 0 radical (unpaired) electrons. The summed E-state index contributed by atoms with van der Waals surface area (Å²) in [5.41, 5.74) is 5.77. The van der Waals surface area contributed by atoms with Gasteiger partial charge >= 0.3 is 0 Å². The molecule has 0 aromatic heterocycles. The van der Waals surface area contributed by atoms with Crippen LogP contribution in [0.15, 0.2) is 0 Å². The van der Waals surface area contributed by atoms with Crippen molar-refractivity contribution in [1.29, 1.82) is 0 Å². The Bertz CT molecular complexity index is 225. The van der Waals surface area contributed by atoms with E-state index in [1.54, 1.807) is 0 Å². The van der Waals surface area contributed by atoms with Crippen molar-refractivity contribution >= 4 is 17.7 Å². The molecule has 2 atom stereocenters. The number of carbonyl (C=O) groups is 1. The molecule has 3 N–H and O–H groups in total. The van der Waals surface area contributed by atoms with E-state index in [0.29, 0.717) is 0 Å². The molecule has 3 nitrogen and oxygen atoms in total. The average Bonchev–Trinajstić information content (AvgIpc) is 2.61. The first kappa shape index (κ1) is 12.8. The van der Waals surface area contributed by atoms with Gasteiger partial charge in [-0.1, -0.05) is 13.8 Å². The van der Waals surface area contributed by atoms with Crippen LogP contribution in [0.2, 0.25) is 0 Å². The summed E-state index contributed by atoms with van der Waals surface area (Å²) >= 11 is 1.95. The Morgan fingerprint density at radius 2 is 2.27 bits per heavy atom. The number of carbonyl (C=O) groups excluding carboxylic acids is 1. The molecule has 0 bridgehead atoms. The molecule has 0 saturated carbocycles. The zero-order valence-electron chi connectivity index (χ0n) is 9.88. The van der Waals surface area contributed by atoms with Gasteiger partial charge in [0.25, 0.3) is 0 Å². The summed E-state index contributed by atoms with van der Waals surface area (Å²) in [6, 6.07) is -0.375. The number of nitrogens with one attached hydrogen (secondary N) is 1. The number of nitrogens with two attached hydrogens (primary N) is 1. The zero-order chi connectivity index (χ0) is 11.5. The van der Waals surface area contributed by atoms with Crippen LogP contribution in [0.3, 0.4) is 0 Å². The van der Waals surface area contributed by atoms with Crippen LogP contribution in [-0.2, 0) is 4.79 Å². The lowest BCUT2D eigenvalue weighted by atomic mass is 10.0. The third-order valence-corrected chi connectivity index (χ3v) is 4.50. The van der Waals surface area contributed by atoms with E-state index >= 15 is 0 Å². The van der Waals surface area contributed by atoms with E-state index in [-0.39, 0.29) is 22.6 Å². The molecule has 1 rings (SSSR count). The van der Waals surface area contributed by atoms with Crippen molar-refractivity contribution in [2.24, 2.45) is 11.7 Å². The van der Waals surface area contributed by atoms with Gasteiger partial charge in [-0.15, -0.1) is 0 Å². The van der Waals surface area contributed by atoms with Gasteiger partial charge < -0.3 is 11.1 Å². The molecule has 1 heterocycles. The Morgan fingerprint density at radius 1 is 1.60 bits per heavy atom. The highest BCUT2D eigenvalue weighted by Crippen LogP contribution is 2.36. The smallest absolute Gasteiger partial charge is 0.237 e. The lowest BCUT2D eigenvalue weighted by Gasteiger charge is -2.24. The normalized spacial score (nSPS) is 28.1. The number of hydrogen-bond acceptors (Lipinski definition) is 3. The van der Waals surface area contributed by atoms with Gasteiger partial charge in [0, 0.05) is 11.3 Å². The Hall–Kier alpha value is -0.220. The first-order valence-corrected chi connectivity index (χ1v) is 6.60. The average molecular weight is 230 g/mol. The van der Waals surface area contributed by atoms with Crippen LogP contribution >= 0.6 is 11.8 Å². The lowest BCUT2D eigenvalue weighted by molar-refractivity contribution is -0.123. The summed E-state index contributed by atoms with van der Waals surface area (Å²) in [6.45, 7) is 6.90. The molecule has 1 aliphatic rings. The molecule has 4 heteroatoms. The third kappa shape index (κ3) is 3.68. The van der Waals surface area contributed by atoms with Crippen LogP contribution in [0, 0.1) is 5.92 Å². The van der Waals surface area contributed by atoms with Crippen molar-refractivity contribution in [1.82, 2.24) is 5.32 Å².